The Bertz CT molecular complexity index is 1050. The molecule has 0 unspecified atom stereocenters. The minimum absolute atomic E-state index is 0.839. The van der Waals surface area contributed by atoms with Crippen molar-refractivity contribution in [2.24, 2.45) is 0 Å². The van der Waals surface area contributed by atoms with Gasteiger partial charge in [0.15, 0.2) is 3.95 Å². The third kappa shape index (κ3) is 2.50. The van der Waals surface area contributed by atoms with E-state index in [4.69, 9.17) is 21.1 Å². The second-order valence-corrected chi connectivity index (χ2v) is 8.17. The van der Waals surface area contributed by atoms with Crippen molar-refractivity contribution in [1.82, 2.24) is 4.57 Å². The third-order valence-electron chi connectivity index (χ3n) is 4.89. The number of aromatic nitrogens is 1. The van der Waals surface area contributed by atoms with Gasteiger partial charge < -0.3 is 8.83 Å². The first-order chi connectivity index (χ1) is 12.8. The lowest BCUT2D eigenvalue weighted by atomic mass is 9.99. The predicted octanol–water partition coefficient (Wildman–Crippen LogP) is 6.67. The number of hydrogen-bond donors (Lipinski definition) is 0. The Labute approximate surface area is 160 Å². The highest BCUT2D eigenvalue weighted by atomic mass is 32.1. The molecule has 0 bridgehead atoms. The molecule has 1 aromatic carbocycles. The number of hydrogen-bond acceptors (Lipinski definition) is 4. The Morgan fingerprint density at radius 3 is 2.12 bits per heavy atom. The third-order valence-corrected chi connectivity index (χ3v) is 6.36. The molecule has 5 rings (SSSR count). The summed E-state index contributed by atoms with van der Waals surface area (Å²) in [6.45, 7) is 0. The number of aryl methyl sites for hydroxylation is 1. The predicted molar refractivity (Wildman–Crippen MR) is 107 cm³/mol. The van der Waals surface area contributed by atoms with Gasteiger partial charge in [0.05, 0.1) is 18.2 Å². The van der Waals surface area contributed by atoms with Crippen molar-refractivity contribution in [3.8, 4) is 28.3 Å². The van der Waals surface area contributed by atoms with Gasteiger partial charge in [-0.15, -0.1) is 11.3 Å². The average Bonchev–Trinajstić information content (AvgIpc) is 3.41. The molecule has 130 valence electrons. The molecule has 5 heteroatoms. The first-order valence-corrected chi connectivity index (χ1v) is 10.00. The summed E-state index contributed by atoms with van der Waals surface area (Å²) in [6.07, 6.45) is 8.05. The van der Waals surface area contributed by atoms with E-state index in [1.54, 1.807) is 23.9 Å². The van der Waals surface area contributed by atoms with Gasteiger partial charge in [-0.05, 0) is 74.3 Å². The maximum Gasteiger partial charge on any atom is 0.166 e. The molecular formula is C21H17NO2S2. The number of furan rings is 2. The van der Waals surface area contributed by atoms with Gasteiger partial charge in [-0.1, -0.05) is 6.07 Å². The normalized spacial score (nSPS) is 13.7. The Morgan fingerprint density at radius 1 is 0.846 bits per heavy atom. The smallest absolute Gasteiger partial charge is 0.166 e. The highest BCUT2D eigenvalue weighted by molar-refractivity contribution is 7.73. The second-order valence-electron chi connectivity index (χ2n) is 6.44. The molecule has 0 aliphatic heterocycles. The quantitative estimate of drug-likeness (QED) is 0.373. The van der Waals surface area contributed by atoms with E-state index in [0.29, 0.717) is 0 Å². The van der Waals surface area contributed by atoms with Gasteiger partial charge in [0, 0.05) is 21.7 Å². The SMILES string of the molecule is S=c1sc2c(n1-c1c(-c3ccco3)cccc1-c1ccco1)CCCC2. The van der Waals surface area contributed by atoms with E-state index < -0.39 is 0 Å². The first-order valence-electron chi connectivity index (χ1n) is 8.77. The van der Waals surface area contributed by atoms with E-state index in [9.17, 15) is 0 Å². The first kappa shape index (κ1) is 15.9. The summed E-state index contributed by atoms with van der Waals surface area (Å²) in [5, 5.41) is 0. The fourth-order valence-corrected chi connectivity index (χ4v) is 5.31. The summed E-state index contributed by atoms with van der Waals surface area (Å²) < 4.78 is 14.6. The number of rotatable bonds is 3. The van der Waals surface area contributed by atoms with Crippen LogP contribution in [0.1, 0.15) is 23.4 Å². The van der Waals surface area contributed by atoms with Gasteiger partial charge >= 0.3 is 0 Å². The van der Waals surface area contributed by atoms with Gasteiger partial charge in [-0.2, -0.15) is 0 Å². The fraction of sp³-hybridized carbons (Fsp3) is 0.190. The highest BCUT2D eigenvalue weighted by Crippen LogP contribution is 2.40. The Balaban J connectivity index is 1.86. The van der Waals surface area contributed by atoms with Crippen LogP contribution in [0, 0.1) is 3.95 Å². The molecule has 0 fully saturated rings. The lowest BCUT2D eigenvalue weighted by molar-refractivity contribution is 0.579. The summed E-state index contributed by atoms with van der Waals surface area (Å²) in [5.41, 5.74) is 4.47. The number of thiazole rings is 1. The van der Waals surface area contributed by atoms with Crippen molar-refractivity contribution >= 4 is 23.6 Å². The Morgan fingerprint density at radius 2 is 1.50 bits per heavy atom. The van der Waals surface area contributed by atoms with Gasteiger partial charge in [-0.25, -0.2) is 0 Å². The van der Waals surface area contributed by atoms with E-state index in [1.807, 2.05) is 30.3 Å². The van der Waals surface area contributed by atoms with Crippen molar-refractivity contribution in [1.29, 1.82) is 0 Å². The standard InChI is InChI=1S/C21H17NO2S2/c25-21-22(16-8-1-2-11-19(16)26-21)20-14(17-9-4-12-23-17)6-3-7-15(20)18-10-5-13-24-18/h3-7,9-10,12-13H,1-2,8,11H2. The van der Waals surface area contributed by atoms with Gasteiger partial charge in [0.25, 0.3) is 0 Å². The highest BCUT2D eigenvalue weighted by Gasteiger charge is 2.23. The van der Waals surface area contributed by atoms with Crippen LogP contribution < -0.4 is 0 Å². The lowest BCUT2D eigenvalue weighted by Gasteiger charge is -2.19. The minimum atomic E-state index is 0.839. The Hall–Kier alpha value is -2.37. The zero-order valence-corrected chi connectivity index (χ0v) is 15.7. The summed E-state index contributed by atoms with van der Waals surface area (Å²) in [5.74, 6) is 1.68. The molecule has 0 atom stereocenters. The van der Waals surface area contributed by atoms with Crippen molar-refractivity contribution in [2.75, 3.05) is 0 Å². The molecule has 0 saturated carbocycles. The fourth-order valence-electron chi connectivity index (χ4n) is 3.74. The van der Waals surface area contributed by atoms with Gasteiger partial charge in [-0.3, -0.25) is 4.57 Å². The molecule has 0 N–H and O–H groups in total. The summed E-state index contributed by atoms with van der Waals surface area (Å²) in [7, 11) is 0. The number of fused-ring (bicyclic) bond motifs is 1. The summed E-state index contributed by atoms with van der Waals surface area (Å²) >= 11 is 7.54. The maximum absolute atomic E-state index is 5.80. The molecule has 3 heterocycles. The van der Waals surface area contributed by atoms with E-state index >= 15 is 0 Å². The van der Waals surface area contributed by atoms with Crippen LogP contribution in [0.4, 0.5) is 0 Å². The van der Waals surface area contributed by atoms with E-state index in [0.717, 1.165) is 45.1 Å². The van der Waals surface area contributed by atoms with Gasteiger partial charge in [0.2, 0.25) is 0 Å². The molecule has 4 aromatic rings. The van der Waals surface area contributed by atoms with Crippen molar-refractivity contribution in [2.45, 2.75) is 25.7 Å². The molecule has 1 aliphatic carbocycles. The number of para-hydroxylation sites is 1. The van der Waals surface area contributed by atoms with Crippen LogP contribution in [0.25, 0.3) is 28.3 Å². The van der Waals surface area contributed by atoms with Crippen molar-refractivity contribution in [3.05, 3.63) is 69.5 Å². The van der Waals surface area contributed by atoms with Crippen LogP contribution >= 0.6 is 23.6 Å². The second kappa shape index (κ2) is 6.41. The molecule has 0 saturated heterocycles. The van der Waals surface area contributed by atoms with Crippen molar-refractivity contribution in [3.63, 3.8) is 0 Å². The zero-order valence-electron chi connectivity index (χ0n) is 14.1. The summed E-state index contributed by atoms with van der Waals surface area (Å²) in [4.78, 5) is 1.42. The molecule has 3 aromatic heterocycles. The Kier molecular flexibility index (Phi) is 3.91. The largest absolute Gasteiger partial charge is 0.464 e. The monoisotopic (exact) mass is 379 g/mol. The molecule has 0 radical (unpaired) electrons. The van der Waals surface area contributed by atoms with Crippen molar-refractivity contribution < 1.29 is 8.83 Å². The topological polar surface area (TPSA) is 31.2 Å². The maximum atomic E-state index is 5.80. The van der Waals surface area contributed by atoms with E-state index in [-0.39, 0.29) is 0 Å². The lowest BCUT2D eigenvalue weighted by Crippen LogP contribution is -2.09. The van der Waals surface area contributed by atoms with E-state index in [2.05, 4.69) is 16.7 Å². The zero-order chi connectivity index (χ0) is 17.5. The molecular weight excluding hydrogens is 362 g/mol. The molecule has 26 heavy (non-hydrogen) atoms. The van der Waals surface area contributed by atoms with Crippen LogP contribution in [0.5, 0.6) is 0 Å². The molecule has 0 spiro atoms. The number of benzene rings is 1. The number of nitrogens with zero attached hydrogens (tertiary/aromatic N) is 1. The summed E-state index contributed by atoms with van der Waals surface area (Å²) in [6, 6.07) is 14.1. The van der Waals surface area contributed by atoms with E-state index in [1.165, 1.54) is 23.4 Å². The molecule has 3 nitrogen and oxygen atoms in total. The average molecular weight is 380 g/mol. The molecule has 0 amide bonds. The van der Waals surface area contributed by atoms with Crippen LogP contribution in [-0.2, 0) is 12.8 Å². The van der Waals surface area contributed by atoms with Gasteiger partial charge in [0.1, 0.15) is 11.5 Å². The van der Waals surface area contributed by atoms with Crippen LogP contribution in [0.3, 0.4) is 0 Å². The van der Waals surface area contributed by atoms with Crippen LogP contribution in [-0.4, -0.2) is 4.57 Å². The van der Waals surface area contributed by atoms with Crippen LogP contribution in [0.2, 0.25) is 0 Å². The molecule has 1 aliphatic rings. The van der Waals surface area contributed by atoms with Crippen LogP contribution in [0.15, 0.2) is 63.8 Å². The minimum Gasteiger partial charge on any atom is -0.464 e.